The van der Waals surface area contributed by atoms with Crippen molar-refractivity contribution in [1.82, 2.24) is 0 Å². The molecule has 2 saturated heterocycles. The molecule has 0 spiro atoms. The Hall–Kier alpha value is 1.40. The molecule has 0 aromatic rings. The molecule has 2 nitrogen and oxygen atoms in total. The van der Waals surface area contributed by atoms with Gasteiger partial charge in [-0.25, -0.2) is 0 Å². The molecule has 0 bridgehead atoms. The summed E-state index contributed by atoms with van der Waals surface area (Å²) < 4.78 is 9.89. The third-order valence-corrected chi connectivity index (χ3v) is 1.65. The molecule has 2 aliphatic rings. The van der Waals surface area contributed by atoms with Gasteiger partial charge in [0.2, 0.25) is 0 Å². The summed E-state index contributed by atoms with van der Waals surface area (Å²) in [5.41, 5.74) is 0. The number of rotatable bonds is 0. The summed E-state index contributed by atoms with van der Waals surface area (Å²) in [6.45, 7) is 4.00. The van der Waals surface area contributed by atoms with Crippen LogP contribution in [-0.4, -0.2) is 26.4 Å². The van der Waals surface area contributed by atoms with Crippen molar-refractivity contribution in [3.63, 3.8) is 0 Å². The number of hydrogen-bond donors (Lipinski definition) is 0. The Morgan fingerprint density at radius 3 is 1.00 bits per heavy atom. The molecule has 0 radical (unpaired) electrons. The van der Waals surface area contributed by atoms with Crippen molar-refractivity contribution in [2.45, 2.75) is 25.7 Å². The monoisotopic (exact) mass is 357 g/mol. The van der Waals surface area contributed by atoms with Crippen molar-refractivity contribution in [3.05, 3.63) is 0 Å². The third-order valence-electron chi connectivity index (χ3n) is 1.65. The zero-order chi connectivity index (χ0) is 9.78. The average Bonchev–Trinajstić information content (AvgIpc) is 2.85. The van der Waals surface area contributed by atoms with Crippen LogP contribution >= 0.6 is 28.2 Å². The number of ether oxygens (including phenoxy) is 2. The minimum atomic E-state index is 0.688. The molecule has 81 valence electrons. The van der Waals surface area contributed by atoms with Gasteiger partial charge in [-0.3, -0.25) is 0 Å². The first-order chi connectivity index (χ1) is 6.41. The summed E-state index contributed by atoms with van der Waals surface area (Å²) in [7, 11) is 0. The van der Waals surface area contributed by atoms with E-state index in [1.54, 1.807) is 0 Å². The van der Waals surface area contributed by atoms with Gasteiger partial charge in [0.1, 0.15) is 0 Å². The van der Waals surface area contributed by atoms with Gasteiger partial charge in [-0.1, -0.05) is 0 Å². The Kier molecular flexibility index (Phi) is 14.8. The van der Waals surface area contributed by atoms with Crippen molar-refractivity contribution < 1.29 is 20.8 Å². The summed E-state index contributed by atoms with van der Waals surface area (Å²) in [4.78, 5) is 0. The van der Waals surface area contributed by atoms with Gasteiger partial charge in [-0.15, -0.1) is 0 Å². The summed E-state index contributed by atoms with van der Waals surface area (Å²) >= 11 is 6.88. The van der Waals surface area contributed by atoms with Crippen LogP contribution in [0.2, 0.25) is 0 Å². The molecule has 0 aromatic carbocycles. The van der Waals surface area contributed by atoms with Crippen LogP contribution in [0.5, 0.6) is 0 Å². The predicted molar refractivity (Wildman–Crippen MR) is 58.0 cm³/mol. The Labute approximate surface area is 101 Å². The molecule has 0 N–H and O–H groups in total. The van der Waals surface area contributed by atoms with E-state index in [9.17, 15) is 0 Å². The molecule has 2 rings (SSSR count). The van der Waals surface area contributed by atoms with Gasteiger partial charge in [0, 0.05) is 26.4 Å². The van der Waals surface area contributed by atoms with E-state index in [0.717, 1.165) is 26.4 Å². The second-order valence-corrected chi connectivity index (χ2v) is 8.65. The van der Waals surface area contributed by atoms with E-state index >= 15 is 0 Å². The molecule has 2 heterocycles. The van der Waals surface area contributed by atoms with E-state index in [1.165, 1.54) is 25.7 Å². The van der Waals surface area contributed by atoms with Crippen LogP contribution < -0.4 is 0 Å². The summed E-state index contributed by atoms with van der Waals surface area (Å²) in [6.07, 6.45) is 5.11. The Bertz CT molecular complexity index is 63.0. The van der Waals surface area contributed by atoms with Crippen LogP contribution in [0, 0.1) is 0 Å². The fourth-order valence-corrected chi connectivity index (χ4v) is 1.02. The van der Waals surface area contributed by atoms with Crippen LogP contribution in [0.15, 0.2) is 0 Å². The van der Waals surface area contributed by atoms with E-state index < -0.39 is 0 Å². The van der Waals surface area contributed by atoms with Crippen molar-refractivity contribution in [2.75, 3.05) is 26.4 Å². The predicted octanol–water partition coefficient (Wildman–Crippen LogP) is 3.28. The quantitative estimate of drug-likeness (QED) is 0.619. The first-order valence-electron chi connectivity index (χ1n) is 4.44. The average molecular weight is 359 g/mol. The van der Waals surface area contributed by atoms with E-state index in [2.05, 4.69) is 28.2 Å². The number of halogens is 2. The summed E-state index contributed by atoms with van der Waals surface area (Å²) in [5.74, 6) is 0. The zero-order valence-corrected chi connectivity index (χ0v) is 12.0. The van der Waals surface area contributed by atoms with Crippen LogP contribution in [0.1, 0.15) is 25.7 Å². The maximum absolute atomic E-state index is 4.94. The Morgan fingerprint density at radius 2 is 0.923 bits per heavy atom. The van der Waals surface area contributed by atoms with Gasteiger partial charge in [-0.05, 0) is 25.7 Å². The van der Waals surface area contributed by atoms with E-state index in [0.29, 0.717) is 11.3 Å². The zero-order valence-electron chi connectivity index (χ0n) is 7.61. The van der Waals surface area contributed by atoms with Crippen molar-refractivity contribution in [2.24, 2.45) is 0 Å². The van der Waals surface area contributed by atoms with Gasteiger partial charge < -0.3 is 9.47 Å². The fraction of sp³-hybridized carbons (Fsp3) is 1.00. The summed E-state index contributed by atoms with van der Waals surface area (Å²) in [6, 6.07) is 0. The Morgan fingerprint density at radius 1 is 0.692 bits per heavy atom. The molecule has 0 unspecified atom stereocenters. The maximum atomic E-state index is 4.94. The molecule has 0 saturated carbocycles. The standard InChI is InChI=1S/2C4H8O.2BrH.Mn/c2*1-2-4-5-3-1;;;/h2*1-4H2;2*1H;/q;;;;+2/p-2. The molecule has 13 heavy (non-hydrogen) atoms. The van der Waals surface area contributed by atoms with Crippen LogP contribution in [0.3, 0.4) is 0 Å². The van der Waals surface area contributed by atoms with Gasteiger partial charge in [0.05, 0.1) is 0 Å². The van der Waals surface area contributed by atoms with Gasteiger partial charge in [0.25, 0.3) is 0 Å². The van der Waals surface area contributed by atoms with Crippen molar-refractivity contribution in [3.8, 4) is 0 Å². The second kappa shape index (κ2) is 13.4. The van der Waals surface area contributed by atoms with Crippen LogP contribution in [-0.2, 0) is 20.8 Å². The first kappa shape index (κ1) is 14.4. The summed E-state index contributed by atoms with van der Waals surface area (Å²) in [5, 5.41) is 0. The molecule has 2 aliphatic heterocycles. The topological polar surface area (TPSA) is 18.5 Å². The molecule has 5 heteroatoms. The van der Waals surface area contributed by atoms with E-state index in [1.807, 2.05) is 0 Å². The normalized spacial score (nSPS) is 19.8. The van der Waals surface area contributed by atoms with E-state index in [-0.39, 0.29) is 0 Å². The van der Waals surface area contributed by atoms with Crippen LogP contribution in [0.25, 0.3) is 0 Å². The van der Waals surface area contributed by atoms with Gasteiger partial charge >= 0.3 is 39.6 Å². The molecule has 0 atom stereocenters. The van der Waals surface area contributed by atoms with Gasteiger partial charge in [-0.2, -0.15) is 0 Å². The molecular weight excluding hydrogens is 343 g/mol. The molecular formula is C8H16Br2MnO2. The first-order valence-corrected chi connectivity index (χ1v) is 10.3. The Balaban J connectivity index is 0.000000174. The van der Waals surface area contributed by atoms with Gasteiger partial charge in [0.15, 0.2) is 0 Å². The minimum absolute atomic E-state index is 0.688. The third kappa shape index (κ3) is 13.4. The van der Waals surface area contributed by atoms with Crippen LogP contribution in [0.4, 0.5) is 0 Å². The SMILES string of the molecule is C1CCOC1.C1CCOC1.[Br][Mn][Br]. The fourth-order valence-electron chi connectivity index (χ4n) is 1.02. The second-order valence-electron chi connectivity index (χ2n) is 2.69. The molecule has 0 aliphatic carbocycles. The molecule has 2 fully saturated rings. The van der Waals surface area contributed by atoms with Crippen molar-refractivity contribution in [1.29, 1.82) is 0 Å². The van der Waals surface area contributed by atoms with Crippen molar-refractivity contribution >= 4 is 28.2 Å². The number of hydrogen-bond acceptors (Lipinski definition) is 2. The molecule has 0 amide bonds. The van der Waals surface area contributed by atoms with E-state index in [4.69, 9.17) is 9.47 Å². The molecule has 0 aromatic heterocycles.